The Morgan fingerprint density at radius 1 is 1.47 bits per heavy atom. The van der Waals surface area contributed by atoms with Gasteiger partial charge in [0.05, 0.1) is 17.3 Å². The molecule has 0 fully saturated rings. The van der Waals surface area contributed by atoms with Crippen LogP contribution in [0.4, 0.5) is 0 Å². The van der Waals surface area contributed by atoms with Crippen LogP contribution in [0.15, 0.2) is 12.3 Å². The van der Waals surface area contributed by atoms with Gasteiger partial charge in [-0.05, 0) is 25.8 Å². The summed E-state index contributed by atoms with van der Waals surface area (Å²) in [5.74, 6) is 5.73. The maximum atomic E-state index is 5.73. The van der Waals surface area contributed by atoms with Crippen LogP contribution in [0.3, 0.4) is 0 Å². The van der Waals surface area contributed by atoms with Gasteiger partial charge in [-0.15, -0.1) is 0 Å². The molecule has 0 aliphatic carbocycles. The highest BCUT2D eigenvalue weighted by Gasteiger charge is 2.38. The largest absolute Gasteiger partial charge is 0.376 e. The lowest BCUT2D eigenvalue weighted by Crippen LogP contribution is -2.48. The number of nitrogens with one attached hydrogen (secondary N) is 1. The van der Waals surface area contributed by atoms with Crippen LogP contribution in [0.25, 0.3) is 0 Å². The molecule has 0 saturated heterocycles. The van der Waals surface area contributed by atoms with Gasteiger partial charge in [0.25, 0.3) is 0 Å². The minimum absolute atomic E-state index is 0.0510. The Morgan fingerprint density at radius 2 is 2.12 bits per heavy atom. The number of rotatable bonds is 7. The molecule has 0 aliphatic heterocycles. The molecule has 17 heavy (non-hydrogen) atoms. The molecule has 0 aromatic carbocycles. The van der Waals surface area contributed by atoms with Gasteiger partial charge in [-0.2, -0.15) is 5.10 Å². The minimum atomic E-state index is -0.290. The van der Waals surface area contributed by atoms with Crippen molar-refractivity contribution in [3.8, 4) is 0 Å². The summed E-state index contributed by atoms with van der Waals surface area (Å²) in [5.41, 5.74) is 3.67. The first-order valence-electron chi connectivity index (χ1n) is 6.22. The Balaban J connectivity index is 3.13. The van der Waals surface area contributed by atoms with Crippen LogP contribution in [-0.2, 0) is 11.3 Å². The fourth-order valence-corrected chi connectivity index (χ4v) is 2.42. The van der Waals surface area contributed by atoms with Crippen molar-refractivity contribution in [2.24, 2.45) is 5.84 Å². The molecule has 98 valence electrons. The number of hydrogen-bond acceptors (Lipinski definition) is 4. The topological polar surface area (TPSA) is 65.1 Å². The van der Waals surface area contributed by atoms with Crippen molar-refractivity contribution < 1.29 is 4.74 Å². The number of aryl methyl sites for hydroxylation is 1. The van der Waals surface area contributed by atoms with E-state index in [2.05, 4.69) is 31.3 Å². The van der Waals surface area contributed by atoms with E-state index in [1.807, 2.05) is 10.7 Å². The van der Waals surface area contributed by atoms with Gasteiger partial charge in [0.1, 0.15) is 0 Å². The summed E-state index contributed by atoms with van der Waals surface area (Å²) >= 11 is 0. The van der Waals surface area contributed by atoms with Crippen molar-refractivity contribution >= 4 is 0 Å². The maximum Gasteiger partial charge on any atom is 0.0917 e. The lowest BCUT2D eigenvalue weighted by atomic mass is 9.86. The van der Waals surface area contributed by atoms with E-state index in [4.69, 9.17) is 10.6 Å². The van der Waals surface area contributed by atoms with Crippen molar-refractivity contribution in [1.29, 1.82) is 0 Å². The zero-order valence-corrected chi connectivity index (χ0v) is 11.2. The molecule has 3 N–H and O–H groups in total. The third-order valence-corrected chi connectivity index (χ3v) is 3.64. The number of hydrogen-bond donors (Lipinski definition) is 2. The minimum Gasteiger partial charge on any atom is -0.376 e. The van der Waals surface area contributed by atoms with E-state index in [-0.39, 0.29) is 11.6 Å². The molecule has 0 bridgehead atoms. The van der Waals surface area contributed by atoms with E-state index < -0.39 is 0 Å². The fraction of sp³-hybridized carbons (Fsp3) is 0.750. The second-order valence-corrected chi connectivity index (χ2v) is 4.15. The SMILES string of the molecule is CCn1nccc1C(NN)C(CC)(CC)OC. The summed E-state index contributed by atoms with van der Waals surface area (Å²) < 4.78 is 7.68. The van der Waals surface area contributed by atoms with Crippen LogP contribution in [0, 0.1) is 0 Å². The second kappa shape index (κ2) is 6.14. The van der Waals surface area contributed by atoms with Crippen molar-refractivity contribution in [2.75, 3.05) is 7.11 Å². The molecule has 1 unspecified atom stereocenters. The molecule has 0 aliphatic rings. The monoisotopic (exact) mass is 240 g/mol. The molecule has 1 atom stereocenters. The van der Waals surface area contributed by atoms with Crippen molar-refractivity contribution in [2.45, 2.75) is 51.8 Å². The molecule has 0 spiro atoms. The molecule has 5 nitrogen and oxygen atoms in total. The molecule has 0 radical (unpaired) electrons. The van der Waals surface area contributed by atoms with Crippen LogP contribution >= 0.6 is 0 Å². The van der Waals surface area contributed by atoms with E-state index in [0.29, 0.717) is 0 Å². The van der Waals surface area contributed by atoms with Crippen molar-refractivity contribution in [3.63, 3.8) is 0 Å². The highest BCUT2D eigenvalue weighted by Crippen LogP contribution is 2.34. The van der Waals surface area contributed by atoms with Crippen LogP contribution in [0.2, 0.25) is 0 Å². The van der Waals surface area contributed by atoms with Crippen LogP contribution in [0.1, 0.15) is 45.3 Å². The standard InChI is InChI=1S/C12H24N4O/c1-5-12(6-2,17-4)11(15-13)10-8-9-14-16(10)7-3/h8-9,11,15H,5-7,13H2,1-4H3. The molecular formula is C12H24N4O. The summed E-state index contributed by atoms with van der Waals surface area (Å²) in [5, 5.41) is 4.29. The zero-order valence-electron chi connectivity index (χ0n) is 11.2. The van der Waals surface area contributed by atoms with E-state index >= 15 is 0 Å². The first-order chi connectivity index (χ1) is 8.18. The molecule has 1 aromatic heterocycles. The summed E-state index contributed by atoms with van der Waals surface area (Å²) in [4.78, 5) is 0. The first-order valence-corrected chi connectivity index (χ1v) is 6.22. The van der Waals surface area contributed by atoms with E-state index in [0.717, 1.165) is 25.1 Å². The lowest BCUT2D eigenvalue weighted by molar-refractivity contribution is -0.0507. The third kappa shape index (κ3) is 2.51. The van der Waals surface area contributed by atoms with Gasteiger partial charge in [-0.3, -0.25) is 10.5 Å². The molecule has 1 rings (SSSR count). The Kier molecular flexibility index (Phi) is 5.11. The molecule has 1 aromatic rings. The molecule has 0 amide bonds. The quantitative estimate of drug-likeness (QED) is 0.561. The number of ether oxygens (including phenoxy) is 1. The molecule has 5 heteroatoms. The van der Waals surface area contributed by atoms with Crippen LogP contribution in [-0.4, -0.2) is 22.5 Å². The van der Waals surface area contributed by atoms with Crippen molar-refractivity contribution in [1.82, 2.24) is 15.2 Å². The Labute approximate surface area is 103 Å². The van der Waals surface area contributed by atoms with Gasteiger partial charge >= 0.3 is 0 Å². The lowest BCUT2D eigenvalue weighted by Gasteiger charge is -2.38. The van der Waals surface area contributed by atoms with Gasteiger partial charge in [0, 0.05) is 19.9 Å². The van der Waals surface area contributed by atoms with E-state index in [9.17, 15) is 0 Å². The summed E-state index contributed by atoms with van der Waals surface area (Å²) in [6.07, 6.45) is 3.59. The van der Waals surface area contributed by atoms with E-state index in [1.54, 1.807) is 13.3 Å². The van der Waals surface area contributed by atoms with Gasteiger partial charge < -0.3 is 4.74 Å². The second-order valence-electron chi connectivity index (χ2n) is 4.15. The third-order valence-electron chi connectivity index (χ3n) is 3.64. The molecule has 0 saturated carbocycles. The van der Waals surface area contributed by atoms with Crippen LogP contribution in [0.5, 0.6) is 0 Å². The normalized spacial score (nSPS) is 13.9. The van der Waals surface area contributed by atoms with Gasteiger partial charge in [0.15, 0.2) is 0 Å². The van der Waals surface area contributed by atoms with Gasteiger partial charge in [-0.25, -0.2) is 5.43 Å². The van der Waals surface area contributed by atoms with Gasteiger partial charge in [-0.1, -0.05) is 13.8 Å². The first kappa shape index (κ1) is 14.2. The van der Waals surface area contributed by atoms with E-state index in [1.165, 1.54) is 0 Å². The molecular weight excluding hydrogens is 216 g/mol. The number of nitrogens with zero attached hydrogens (tertiary/aromatic N) is 2. The Morgan fingerprint density at radius 3 is 2.53 bits per heavy atom. The Bertz CT molecular complexity index is 325. The van der Waals surface area contributed by atoms with Gasteiger partial charge in [0.2, 0.25) is 0 Å². The summed E-state index contributed by atoms with van der Waals surface area (Å²) in [6.45, 7) is 7.12. The zero-order chi connectivity index (χ0) is 12.9. The highest BCUT2D eigenvalue weighted by atomic mass is 16.5. The predicted octanol–water partition coefficient (Wildman–Crippen LogP) is 1.61. The average Bonchev–Trinajstić information content (AvgIpc) is 2.84. The maximum absolute atomic E-state index is 5.73. The number of aromatic nitrogens is 2. The number of methoxy groups -OCH3 is 1. The molecule has 1 heterocycles. The highest BCUT2D eigenvalue weighted by molar-refractivity contribution is 5.13. The van der Waals surface area contributed by atoms with Crippen molar-refractivity contribution in [3.05, 3.63) is 18.0 Å². The number of nitrogens with two attached hydrogens (primary N) is 1. The summed E-state index contributed by atoms with van der Waals surface area (Å²) in [7, 11) is 1.74. The predicted molar refractivity (Wildman–Crippen MR) is 68.3 cm³/mol. The number of hydrazine groups is 1. The Hall–Kier alpha value is -0.910. The fourth-order valence-electron chi connectivity index (χ4n) is 2.42. The average molecular weight is 240 g/mol. The summed E-state index contributed by atoms with van der Waals surface area (Å²) in [6, 6.07) is 1.94. The smallest absolute Gasteiger partial charge is 0.0917 e. The van der Waals surface area contributed by atoms with Crippen LogP contribution < -0.4 is 11.3 Å².